The van der Waals surface area contributed by atoms with Gasteiger partial charge in [0.05, 0.1) is 7.11 Å². The van der Waals surface area contributed by atoms with Crippen LogP contribution in [-0.4, -0.2) is 21.6 Å². The Morgan fingerprint density at radius 2 is 1.90 bits per heavy atom. The second-order valence-corrected chi connectivity index (χ2v) is 7.19. The quantitative estimate of drug-likeness (QED) is 0.790. The van der Waals surface area contributed by atoms with E-state index in [1.807, 2.05) is 13.8 Å². The molecule has 0 saturated heterocycles. The van der Waals surface area contributed by atoms with Gasteiger partial charge < -0.3 is 10.5 Å². The van der Waals surface area contributed by atoms with Gasteiger partial charge in [-0.2, -0.15) is 0 Å². The molecule has 5 nitrogen and oxygen atoms in total. The van der Waals surface area contributed by atoms with Gasteiger partial charge in [-0.15, -0.1) is 0 Å². The van der Waals surface area contributed by atoms with Crippen molar-refractivity contribution in [1.82, 2.24) is 4.72 Å². The van der Waals surface area contributed by atoms with Crippen LogP contribution in [0, 0.1) is 12.8 Å². The van der Waals surface area contributed by atoms with Crippen molar-refractivity contribution in [2.24, 2.45) is 5.92 Å². The van der Waals surface area contributed by atoms with E-state index in [4.69, 9.17) is 10.5 Å². The van der Waals surface area contributed by atoms with Gasteiger partial charge in [-0.3, -0.25) is 0 Å². The Bertz CT molecular complexity index is 568. The van der Waals surface area contributed by atoms with Gasteiger partial charge in [0.25, 0.3) is 0 Å². The molecule has 0 fully saturated rings. The van der Waals surface area contributed by atoms with Crippen LogP contribution < -0.4 is 15.2 Å². The van der Waals surface area contributed by atoms with Crippen LogP contribution in [0.15, 0.2) is 17.0 Å². The number of sulfonamides is 1. The maximum absolute atomic E-state index is 12.4. The van der Waals surface area contributed by atoms with Gasteiger partial charge in [-0.05, 0) is 43.9 Å². The van der Waals surface area contributed by atoms with Crippen molar-refractivity contribution >= 4 is 15.7 Å². The second kappa shape index (κ2) is 6.45. The highest BCUT2D eigenvalue weighted by Crippen LogP contribution is 2.29. The number of hydrogen-bond donors (Lipinski definition) is 2. The van der Waals surface area contributed by atoms with Crippen LogP contribution in [0.4, 0.5) is 5.69 Å². The summed E-state index contributed by atoms with van der Waals surface area (Å²) >= 11 is 0. The molecule has 0 spiro atoms. The summed E-state index contributed by atoms with van der Waals surface area (Å²) in [7, 11) is -2.20. The minimum atomic E-state index is -3.64. The molecule has 20 heavy (non-hydrogen) atoms. The molecule has 114 valence electrons. The first kappa shape index (κ1) is 16.8. The molecule has 0 amide bonds. The average Bonchev–Trinajstić information content (AvgIpc) is 2.29. The predicted molar refractivity (Wildman–Crippen MR) is 81.4 cm³/mol. The van der Waals surface area contributed by atoms with Crippen LogP contribution in [0.1, 0.15) is 32.8 Å². The van der Waals surface area contributed by atoms with Crippen molar-refractivity contribution in [3.8, 4) is 5.75 Å². The summed E-state index contributed by atoms with van der Waals surface area (Å²) < 4.78 is 32.7. The monoisotopic (exact) mass is 300 g/mol. The molecule has 3 N–H and O–H groups in total. The van der Waals surface area contributed by atoms with E-state index in [-0.39, 0.29) is 10.9 Å². The minimum Gasteiger partial charge on any atom is -0.495 e. The lowest BCUT2D eigenvalue weighted by Crippen LogP contribution is -2.33. The van der Waals surface area contributed by atoms with E-state index in [1.54, 1.807) is 6.07 Å². The Morgan fingerprint density at radius 1 is 1.30 bits per heavy atom. The summed E-state index contributed by atoms with van der Waals surface area (Å²) in [6.07, 6.45) is 0.767. The Balaban J connectivity index is 3.12. The number of nitrogen functional groups attached to an aromatic ring is 1. The van der Waals surface area contributed by atoms with E-state index in [1.165, 1.54) is 13.2 Å². The Kier molecular flexibility index (Phi) is 5.42. The van der Waals surface area contributed by atoms with Crippen molar-refractivity contribution < 1.29 is 13.2 Å². The zero-order valence-corrected chi connectivity index (χ0v) is 13.5. The fourth-order valence-electron chi connectivity index (χ4n) is 2.13. The smallest absolute Gasteiger partial charge is 0.244 e. The van der Waals surface area contributed by atoms with Gasteiger partial charge in [-0.25, -0.2) is 13.1 Å². The molecule has 1 atom stereocenters. The van der Waals surface area contributed by atoms with Crippen molar-refractivity contribution in [2.45, 2.75) is 45.1 Å². The number of nitrogens with one attached hydrogen (secondary N) is 1. The Morgan fingerprint density at radius 3 is 2.40 bits per heavy atom. The van der Waals surface area contributed by atoms with Crippen LogP contribution in [-0.2, 0) is 10.0 Å². The molecular formula is C14H24N2O3S. The van der Waals surface area contributed by atoms with Gasteiger partial charge in [0.15, 0.2) is 0 Å². The molecule has 6 heteroatoms. The number of benzene rings is 1. The van der Waals surface area contributed by atoms with Gasteiger partial charge in [0.2, 0.25) is 10.0 Å². The first-order chi connectivity index (χ1) is 9.17. The highest BCUT2D eigenvalue weighted by atomic mass is 32.2. The third-order valence-corrected chi connectivity index (χ3v) is 4.63. The number of anilines is 1. The number of nitrogens with two attached hydrogens (primary N) is 1. The van der Waals surface area contributed by atoms with Crippen molar-refractivity contribution in [1.29, 1.82) is 0 Å². The number of rotatable bonds is 6. The highest BCUT2D eigenvalue weighted by Gasteiger charge is 2.23. The third-order valence-electron chi connectivity index (χ3n) is 3.02. The van der Waals surface area contributed by atoms with Crippen molar-refractivity contribution in [2.75, 3.05) is 12.8 Å². The van der Waals surface area contributed by atoms with Gasteiger partial charge >= 0.3 is 0 Å². The molecule has 1 unspecified atom stereocenters. The number of methoxy groups -OCH3 is 1. The fraction of sp³-hybridized carbons (Fsp3) is 0.571. The SMILES string of the molecule is COc1cc(C)c(N)cc1S(=O)(=O)NC(C)CC(C)C. The molecule has 1 aromatic rings. The zero-order valence-electron chi connectivity index (χ0n) is 12.7. The molecule has 0 bridgehead atoms. The van der Waals surface area contributed by atoms with Crippen LogP contribution in [0.5, 0.6) is 5.75 Å². The molecular weight excluding hydrogens is 276 g/mol. The van der Waals surface area contributed by atoms with E-state index in [0.29, 0.717) is 17.4 Å². The standard InChI is InChI=1S/C14H24N2O3S/c1-9(2)6-11(4)16-20(17,18)14-8-12(15)10(3)7-13(14)19-5/h7-9,11,16H,6,15H2,1-5H3. The number of ether oxygens (including phenoxy) is 1. The van der Waals surface area contributed by atoms with Crippen LogP contribution in [0.2, 0.25) is 0 Å². The van der Waals surface area contributed by atoms with Crippen LogP contribution in [0.3, 0.4) is 0 Å². The van der Waals surface area contributed by atoms with Crippen molar-refractivity contribution in [3.63, 3.8) is 0 Å². The third kappa shape index (κ3) is 4.11. The molecule has 0 saturated carbocycles. The number of hydrogen-bond acceptors (Lipinski definition) is 4. The van der Waals surface area contributed by atoms with Crippen LogP contribution >= 0.6 is 0 Å². The van der Waals surface area contributed by atoms with E-state index >= 15 is 0 Å². The normalized spacial score (nSPS) is 13.5. The van der Waals surface area contributed by atoms with Gasteiger partial charge in [0.1, 0.15) is 10.6 Å². The summed E-state index contributed by atoms with van der Waals surface area (Å²) in [5.74, 6) is 0.721. The van der Waals surface area contributed by atoms with Gasteiger partial charge in [-0.1, -0.05) is 13.8 Å². The van der Waals surface area contributed by atoms with Crippen molar-refractivity contribution in [3.05, 3.63) is 17.7 Å². The summed E-state index contributed by atoms with van der Waals surface area (Å²) in [5, 5.41) is 0. The molecule has 0 aliphatic heterocycles. The lowest BCUT2D eigenvalue weighted by Gasteiger charge is -2.18. The summed E-state index contributed by atoms with van der Waals surface area (Å²) in [6.45, 7) is 7.76. The largest absolute Gasteiger partial charge is 0.495 e. The van der Waals surface area contributed by atoms with E-state index in [0.717, 1.165) is 12.0 Å². The molecule has 0 aromatic heterocycles. The molecule has 0 aliphatic carbocycles. The lowest BCUT2D eigenvalue weighted by molar-refractivity contribution is 0.401. The molecule has 0 radical (unpaired) electrons. The first-order valence-electron chi connectivity index (χ1n) is 6.63. The van der Waals surface area contributed by atoms with E-state index < -0.39 is 10.0 Å². The summed E-state index contributed by atoms with van der Waals surface area (Å²) in [5.41, 5.74) is 7.03. The topological polar surface area (TPSA) is 81.4 Å². The minimum absolute atomic E-state index is 0.0821. The second-order valence-electron chi connectivity index (χ2n) is 5.51. The number of aryl methyl sites for hydroxylation is 1. The average molecular weight is 300 g/mol. The highest BCUT2D eigenvalue weighted by molar-refractivity contribution is 7.89. The lowest BCUT2D eigenvalue weighted by atomic mass is 10.1. The molecule has 1 aromatic carbocycles. The first-order valence-corrected chi connectivity index (χ1v) is 8.12. The molecule has 1 rings (SSSR count). The maximum atomic E-state index is 12.4. The van der Waals surface area contributed by atoms with Crippen LogP contribution in [0.25, 0.3) is 0 Å². The molecule has 0 aliphatic rings. The molecule has 0 heterocycles. The summed E-state index contributed by atoms with van der Waals surface area (Å²) in [6, 6.07) is 2.93. The summed E-state index contributed by atoms with van der Waals surface area (Å²) in [4.78, 5) is 0.0821. The predicted octanol–water partition coefficient (Wildman–Crippen LogP) is 2.30. The fourth-order valence-corrected chi connectivity index (χ4v) is 3.57. The Hall–Kier alpha value is -1.27. The maximum Gasteiger partial charge on any atom is 0.244 e. The van der Waals surface area contributed by atoms with E-state index in [9.17, 15) is 8.42 Å². The van der Waals surface area contributed by atoms with E-state index in [2.05, 4.69) is 18.6 Å². The Labute approximate surface area is 121 Å². The van der Waals surface area contributed by atoms with Gasteiger partial charge in [0, 0.05) is 11.7 Å². The zero-order chi connectivity index (χ0) is 15.5.